The molecule has 1 amide bonds. The molecule has 2 fully saturated rings. The summed E-state index contributed by atoms with van der Waals surface area (Å²) in [5.41, 5.74) is 1.74. The lowest BCUT2D eigenvalue weighted by molar-refractivity contribution is 0.0644. The van der Waals surface area contributed by atoms with E-state index in [1.54, 1.807) is 0 Å². The minimum Gasteiger partial charge on any atom is -0.356 e. The van der Waals surface area contributed by atoms with E-state index in [1.165, 1.54) is 18.4 Å². The maximum Gasteiger partial charge on any atom is 0.272 e. The number of anilines is 1. The van der Waals surface area contributed by atoms with Gasteiger partial charge in [0.05, 0.1) is 0 Å². The minimum absolute atomic E-state index is 0.0235. The average Bonchev–Trinajstić information content (AvgIpc) is 3.29. The van der Waals surface area contributed by atoms with Gasteiger partial charge in [-0.25, -0.2) is 9.97 Å². The second-order valence-electron chi connectivity index (χ2n) is 7.76. The first-order valence-corrected chi connectivity index (χ1v) is 10.5. The first-order valence-electron chi connectivity index (χ1n) is 10.5. The largest absolute Gasteiger partial charge is 0.356 e. The molecule has 29 heavy (non-hydrogen) atoms. The first-order chi connectivity index (χ1) is 14.2. The van der Waals surface area contributed by atoms with E-state index in [-0.39, 0.29) is 5.91 Å². The molecule has 6 nitrogen and oxygen atoms in total. The van der Waals surface area contributed by atoms with Crippen molar-refractivity contribution in [3.05, 3.63) is 59.6 Å². The van der Waals surface area contributed by atoms with Crippen LogP contribution >= 0.6 is 0 Å². The van der Waals surface area contributed by atoms with E-state index >= 15 is 0 Å². The Morgan fingerprint density at radius 1 is 1.00 bits per heavy atom. The number of piperazine rings is 1. The van der Waals surface area contributed by atoms with Crippen LogP contribution < -0.4 is 4.90 Å². The van der Waals surface area contributed by atoms with Gasteiger partial charge in [-0.1, -0.05) is 42.5 Å². The Bertz CT molecular complexity index is 853. The molecule has 0 bridgehead atoms. The molecule has 2 aromatic rings. The lowest BCUT2D eigenvalue weighted by Gasteiger charge is -2.34. The number of amides is 1. The van der Waals surface area contributed by atoms with Crippen molar-refractivity contribution < 1.29 is 4.79 Å². The third-order valence-corrected chi connectivity index (χ3v) is 5.61. The maximum atomic E-state index is 13.0. The fourth-order valence-corrected chi connectivity index (χ4v) is 3.97. The Balaban J connectivity index is 1.32. The Hall–Kier alpha value is -2.73. The predicted octanol–water partition coefficient (Wildman–Crippen LogP) is 2.86. The first kappa shape index (κ1) is 19.6. The second kappa shape index (κ2) is 9.18. The number of carbonyl (C=O) groups is 1. The maximum absolute atomic E-state index is 13.0. The molecule has 4 rings (SSSR count). The Kier molecular flexibility index (Phi) is 6.20. The number of nitrogens with zero attached hydrogens (tertiary/aromatic N) is 5. The van der Waals surface area contributed by atoms with Crippen molar-refractivity contribution in [1.82, 2.24) is 19.8 Å². The van der Waals surface area contributed by atoms with Crippen molar-refractivity contribution in [1.29, 1.82) is 0 Å². The second-order valence-corrected chi connectivity index (χ2v) is 7.76. The van der Waals surface area contributed by atoms with E-state index in [2.05, 4.69) is 44.1 Å². The van der Waals surface area contributed by atoms with Crippen LogP contribution in [0.2, 0.25) is 0 Å². The van der Waals surface area contributed by atoms with Crippen molar-refractivity contribution >= 4 is 17.8 Å². The fourth-order valence-electron chi connectivity index (χ4n) is 3.97. The molecular formula is C23H29N5O. The standard InChI is InChI=1S/C23H29N5O/c1-19-24-21(18-22(25-19)27-12-5-6-13-27)23(29)28-16-14-26(15-17-28)11-7-10-20-8-3-2-4-9-20/h2-4,7-10,18H,5-6,11-17H2,1H3/b10-7+. The number of aryl methyl sites for hydroxylation is 1. The highest BCUT2D eigenvalue weighted by Gasteiger charge is 2.24. The van der Waals surface area contributed by atoms with E-state index in [4.69, 9.17) is 0 Å². The van der Waals surface area contributed by atoms with Crippen LogP contribution in [0, 0.1) is 6.92 Å². The topological polar surface area (TPSA) is 52.6 Å². The average molecular weight is 392 g/mol. The van der Waals surface area contributed by atoms with E-state index in [0.717, 1.165) is 51.6 Å². The van der Waals surface area contributed by atoms with Gasteiger partial charge >= 0.3 is 0 Å². The minimum atomic E-state index is 0.0235. The fraction of sp³-hybridized carbons (Fsp3) is 0.435. The van der Waals surface area contributed by atoms with Crippen LogP contribution in [0.4, 0.5) is 5.82 Å². The molecule has 1 aromatic carbocycles. The van der Waals surface area contributed by atoms with Gasteiger partial charge in [0.1, 0.15) is 17.3 Å². The SMILES string of the molecule is Cc1nc(C(=O)N2CCN(C/C=C/c3ccccc3)CC2)cc(N2CCCC2)n1. The van der Waals surface area contributed by atoms with Gasteiger partial charge in [-0.3, -0.25) is 9.69 Å². The summed E-state index contributed by atoms with van der Waals surface area (Å²) in [4.78, 5) is 28.5. The molecular weight excluding hydrogens is 362 g/mol. The van der Waals surface area contributed by atoms with Crippen molar-refractivity contribution in [3.63, 3.8) is 0 Å². The summed E-state index contributed by atoms with van der Waals surface area (Å²) >= 11 is 0. The van der Waals surface area contributed by atoms with Crippen molar-refractivity contribution in [2.24, 2.45) is 0 Å². The van der Waals surface area contributed by atoms with Gasteiger partial charge in [-0.2, -0.15) is 0 Å². The Morgan fingerprint density at radius 3 is 2.45 bits per heavy atom. The van der Waals surface area contributed by atoms with Crippen LogP contribution in [-0.2, 0) is 0 Å². The van der Waals surface area contributed by atoms with Gasteiger partial charge < -0.3 is 9.80 Å². The molecule has 2 aliphatic rings. The number of hydrogen-bond acceptors (Lipinski definition) is 5. The molecule has 0 atom stereocenters. The number of benzene rings is 1. The lowest BCUT2D eigenvalue weighted by Crippen LogP contribution is -2.48. The monoisotopic (exact) mass is 391 g/mol. The van der Waals surface area contributed by atoms with Crippen LogP contribution in [-0.4, -0.2) is 71.5 Å². The van der Waals surface area contributed by atoms with Gasteiger partial charge in [0.15, 0.2) is 0 Å². The third-order valence-electron chi connectivity index (χ3n) is 5.61. The van der Waals surface area contributed by atoms with E-state index in [9.17, 15) is 4.79 Å². The van der Waals surface area contributed by atoms with Gasteiger partial charge in [-0.15, -0.1) is 0 Å². The molecule has 0 aliphatic carbocycles. The summed E-state index contributed by atoms with van der Waals surface area (Å²) in [6.45, 7) is 8.04. The summed E-state index contributed by atoms with van der Waals surface area (Å²) < 4.78 is 0. The number of carbonyl (C=O) groups excluding carboxylic acids is 1. The summed E-state index contributed by atoms with van der Waals surface area (Å²) in [5, 5.41) is 0. The molecule has 0 spiro atoms. The molecule has 6 heteroatoms. The van der Waals surface area contributed by atoms with E-state index in [1.807, 2.05) is 36.1 Å². The van der Waals surface area contributed by atoms with Gasteiger partial charge in [0, 0.05) is 51.9 Å². The molecule has 0 N–H and O–H groups in total. The van der Waals surface area contributed by atoms with Gasteiger partial charge in [-0.05, 0) is 25.3 Å². The summed E-state index contributed by atoms with van der Waals surface area (Å²) in [7, 11) is 0. The van der Waals surface area contributed by atoms with Crippen molar-refractivity contribution in [2.45, 2.75) is 19.8 Å². The van der Waals surface area contributed by atoms with Crippen LogP contribution in [0.5, 0.6) is 0 Å². The highest BCUT2D eigenvalue weighted by atomic mass is 16.2. The molecule has 2 aliphatic heterocycles. The number of hydrogen-bond donors (Lipinski definition) is 0. The quantitative estimate of drug-likeness (QED) is 0.785. The smallest absolute Gasteiger partial charge is 0.272 e. The predicted molar refractivity (Wildman–Crippen MR) is 116 cm³/mol. The molecule has 152 valence electrons. The van der Waals surface area contributed by atoms with Crippen LogP contribution in [0.15, 0.2) is 42.5 Å². The van der Waals surface area contributed by atoms with Gasteiger partial charge in [0.25, 0.3) is 5.91 Å². The molecule has 0 radical (unpaired) electrons. The van der Waals surface area contributed by atoms with Crippen LogP contribution in [0.3, 0.4) is 0 Å². The van der Waals surface area contributed by atoms with E-state index < -0.39 is 0 Å². The van der Waals surface area contributed by atoms with Crippen LogP contribution in [0.25, 0.3) is 6.08 Å². The normalized spacial score (nSPS) is 18.0. The van der Waals surface area contributed by atoms with Crippen LogP contribution in [0.1, 0.15) is 34.7 Å². The molecule has 3 heterocycles. The van der Waals surface area contributed by atoms with Crippen molar-refractivity contribution in [2.75, 3.05) is 50.7 Å². The Morgan fingerprint density at radius 2 is 1.72 bits per heavy atom. The third kappa shape index (κ3) is 5.01. The molecule has 1 aromatic heterocycles. The van der Waals surface area contributed by atoms with Crippen molar-refractivity contribution in [3.8, 4) is 0 Å². The Labute approximate surface area is 172 Å². The van der Waals surface area contributed by atoms with Gasteiger partial charge in [0.2, 0.25) is 0 Å². The number of aromatic nitrogens is 2. The van der Waals surface area contributed by atoms with E-state index in [0.29, 0.717) is 11.5 Å². The molecule has 2 saturated heterocycles. The zero-order valence-electron chi connectivity index (χ0n) is 17.1. The zero-order chi connectivity index (χ0) is 20.1. The highest BCUT2D eigenvalue weighted by molar-refractivity contribution is 5.93. The summed E-state index contributed by atoms with van der Waals surface area (Å²) in [6, 6.07) is 12.2. The highest BCUT2D eigenvalue weighted by Crippen LogP contribution is 2.19. The summed E-state index contributed by atoms with van der Waals surface area (Å²) in [6.07, 6.45) is 6.73. The summed E-state index contributed by atoms with van der Waals surface area (Å²) in [5.74, 6) is 1.58. The number of rotatable bonds is 5. The zero-order valence-corrected chi connectivity index (χ0v) is 17.1. The lowest BCUT2D eigenvalue weighted by atomic mass is 10.2. The molecule has 0 saturated carbocycles. The molecule has 0 unspecified atom stereocenters.